The first-order valence-corrected chi connectivity index (χ1v) is 8.72. The number of carbonyl (C=O) groups is 1. The van der Waals surface area contributed by atoms with Crippen LogP contribution in [0.5, 0.6) is 0 Å². The molecule has 0 spiro atoms. The van der Waals surface area contributed by atoms with Crippen LogP contribution in [0.2, 0.25) is 0 Å². The number of thiophene rings is 1. The molecule has 6 heteroatoms. The zero-order chi connectivity index (χ0) is 15.7. The third kappa shape index (κ3) is 3.52. The molecule has 0 bridgehead atoms. The predicted octanol–water partition coefficient (Wildman–Crippen LogP) is 3.65. The number of nitrogens with zero attached hydrogens (tertiary/aromatic N) is 2. The van der Waals surface area contributed by atoms with Crippen molar-refractivity contribution in [1.29, 1.82) is 0 Å². The monoisotopic (exact) mass is 353 g/mol. The van der Waals surface area contributed by atoms with Crippen molar-refractivity contribution in [1.82, 2.24) is 9.88 Å². The number of amides is 1. The van der Waals surface area contributed by atoms with Gasteiger partial charge in [-0.15, -0.1) is 23.7 Å². The smallest absolute Gasteiger partial charge is 0.263 e. The van der Waals surface area contributed by atoms with Gasteiger partial charge in [0.05, 0.1) is 4.88 Å². The number of fused-ring (bicyclic) bond motifs is 1. The Morgan fingerprint density at radius 2 is 2.04 bits per heavy atom. The van der Waals surface area contributed by atoms with Gasteiger partial charge in [0.25, 0.3) is 5.91 Å². The number of halogens is 1. The summed E-state index contributed by atoms with van der Waals surface area (Å²) < 4.78 is 0. The van der Waals surface area contributed by atoms with Crippen LogP contribution in [-0.4, -0.2) is 36.4 Å². The Morgan fingerprint density at radius 3 is 2.65 bits per heavy atom. The summed E-state index contributed by atoms with van der Waals surface area (Å²) in [6.07, 6.45) is 6.37. The van der Waals surface area contributed by atoms with Crippen LogP contribution >= 0.6 is 23.7 Å². The molecule has 126 valence electrons. The molecule has 2 heterocycles. The Kier molecular flexibility index (Phi) is 6.00. The van der Waals surface area contributed by atoms with Gasteiger partial charge in [0.1, 0.15) is 4.83 Å². The van der Waals surface area contributed by atoms with Crippen LogP contribution in [0.25, 0.3) is 10.2 Å². The lowest BCUT2D eigenvalue weighted by Gasteiger charge is -2.28. The highest BCUT2D eigenvalue weighted by molar-refractivity contribution is 7.20. The van der Waals surface area contributed by atoms with E-state index in [1.54, 1.807) is 11.1 Å². The number of pyridine rings is 1. The molecule has 4 nitrogen and oxygen atoms in total. The zero-order valence-electron chi connectivity index (χ0n) is 13.6. The molecule has 1 saturated carbocycles. The Balaban J connectivity index is 0.00000192. The van der Waals surface area contributed by atoms with E-state index in [-0.39, 0.29) is 18.3 Å². The zero-order valence-corrected chi connectivity index (χ0v) is 15.3. The Morgan fingerprint density at radius 1 is 1.35 bits per heavy atom. The van der Waals surface area contributed by atoms with Crippen LogP contribution < -0.4 is 5.73 Å². The van der Waals surface area contributed by atoms with Crippen LogP contribution in [0.1, 0.15) is 46.8 Å². The quantitative estimate of drug-likeness (QED) is 0.916. The molecule has 1 fully saturated rings. The first-order chi connectivity index (χ1) is 10.6. The molecule has 0 saturated heterocycles. The van der Waals surface area contributed by atoms with Crippen molar-refractivity contribution in [2.45, 2.75) is 31.6 Å². The standard InChI is InChI=1S/C17H23N3OS.ClH/c1-20(2)17(21)15-14(12-7-5-11(10-18)6-8-12)13-4-3-9-19-16(13)22-15;/h3-4,9,11-12H,5-8,10,18H2,1-2H3;1H. The maximum Gasteiger partial charge on any atom is 0.263 e. The summed E-state index contributed by atoms with van der Waals surface area (Å²) in [5, 5.41) is 1.16. The molecule has 0 unspecified atom stereocenters. The van der Waals surface area contributed by atoms with Crippen molar-refractivity contribution < 1.29 is 4.79 Å². The van der Waals surface area contributed by atoms with E-state index >= 15 is 0 Å². The predicted molar refractivity (Wildman–Crippen MR) is 98.6 cm³/mol. The molecule has 1 amide bonds. The Hall–Kier alpha value is -1.17. The van der Waals surface area contributed by atoms with Crippen LogP contribution in [0.3, 0.4) is 0 Å². The SMILES string of the molecule is CN(C)C(=O)c1sc2ncccc2c1C1CCC(CN)CC1.Cl. The lowest BCUT2D eigenvalue weighted by Crippen LogP contribution is -2.24. The average Bonchev–Trinajstić information content (AvgIpc) is 2.93. The molecule has 1 aliphatic rings. The second kappa shape index (κ2) is 7.60. The molecule has 23 heavy (non-hydrogen) atoms. The topological polar surface area (TPSA) is 59.2 Å². The fourth-order valence-corrected chi connectivity index (χ4v) is 4.66. The van der Waals surface area contributed by atoms with Crippen molar-refractivity contribution in [3.8, 4) is 0 Å². The van der Waals surface area contributed by atoms with Gasteiger partial charge in [-0.25, -0.2) is 4.98 Å². The molecule has 1 aliphatic carbocycles. The second-order valence-corrected chi connectivity index (χ2v) is 7.35. The summed E-state index contributed by atoms with van der Waals surface area (Å²) in [5.74, 6) is 1.20. The maximum atomic E-state index is 12.6. The summed E-state index contributed by atoms with van der Waals surface area (Å²) in [6, 6.07) is 4.07. The van der Waals surface area contributed by atoms with Gasteiger partial charge in [-0.05, 0) is 55.7 Å². The number of hydrogen-bond acceptors (Lipinski definition) is 4. The Labute approximate surface area is 147 Å². The van der Waals surface area contributed by atoms with Crippen LogP contribution in [0.15, 0.2) is 18.3 Å². The minimum Gasteiger partial charge on any atom is -0.344 e. The largest absolute Gasteiger partial charge is 0.344 e. The van der Waals surface area contributed by atoms with Gasteiger partial charge >= 0.3 is 0 Å². The molecule has 2 aromatic heterocycles. The van der Waals surface area contributed by atoms with E-state index in [0.717, 1.165) is 47.3 Å². The molecular weight excluding hydrogens is 330 g/mol. The minimum absolute atomic E-state index is 0. The highest BCUT2D eigenvalue weighted by atomic mass is 35.5. The minimum atomic E-state index is 0. The number of aromatic nitrogens is 1. The number of nitrogens with two attached hydrogens (primary N) is 1. The van der Waals surface area contributed by atoms with Gasteiger partial charge in [0, 0.05) is 25.7 Å². The highest BCUT2D eigenvalue weighted by Crippen LogP contribution is 2.43. The van der Waals surface area contributed by atoms with Crippen molar-refractivity contribution >= 4 is 39.9 Å². The van der Waals surface area contributed by atoms with Gasteiger partial charge < -0.3 is 10.6 Å². The number of carbonyl (C=O) groups excluding carboxylic acids is 1. The van der Waals surface area contributed by atoms with Crippen molar-refractivity contribution in [3.05, 3.63) is 28.8 Å². The summed E-state index contributed by atoms with van der Waals surface area (Å²) in [7, 11) is 3.63. The first-order valence-electron chi connectivity index (χ1n) is 7.91. The fraction of sp³-hybridized carbons (Fsp3) is 0.529. The lowest BCUT2D eigenvalue weighted by atomic mass is 9.78. The molecule has 0 atom stereocenters. The first kappa shape index (κ1) is 18.2. The molecule has 0 aromatic carbocycles. The third-order valence-electron chi connectivity index (χ3n) is 4.69. The maximum absolute atomic E-state index is 12.6. The molecular formula is C17H24ClN3OS. The van der Waals surface area contributed by atoms with Crippen LogP contribution in [0.4, 0.5) is 0 Å². The van der Waals surface area contributed by atoms with E-state index in [2.05, 4.69) is 11.1 Å². The van der Waals surface area contributed by atoms with Crippen molar-refractivity contribution in [3.63, 3.8) is 0 Å². The van der Waals surface area contributed by atoms with E-state index in [1.807, 2.05) is 20.2 Å². The number of rotatable bonds is 3. The van der Waals surface area contributed by atoms with Gasteiger partial charge in [0.2, 0.25) is 0 Å². The van der Waals surface area contributed by atoms with E-state index in [4.69, 9.17) is 5.73 Å². The summed E-state index contributed by atoms with van der Waals surface area (Å²) in [5.41, 5.74) is 7.03. The third-order valence-corrected chi connectivity index (χ3v) is 5.81. The van der Waals surface area contributed by atoms with Gasteiger partial charge in [0.15, 0.2) is 0 Å². The normalized spacial score (nSPS) is 21.0. The van der Waals surface area contributed by atoms with E-state index in [1.165, 1.54) is 16.9 Å². The molecule has 3 rings (SSSR count). The Bertz CT molecular complexity index is 678. The van der Waals surface area contributed by atoms with E-state index in [0.29, 0.717) is 11.8 Å². The lowest BCUT2D eigenvalue weighted by molar-refractivity contribution is 0.0830. The van der Waals surface area contributed by atoms with E-state index in [9.17, 15) is 4.79 Å². The fourth-order valence-electron chi connectivity index (χ4n) is 3.41. The summed E-state index contributed by atoms with van der Waals surface area (Å²) >= 11 is 1.53. The van der Waals surface area contributed by atoms with Crippen LogP contribution in [0, 0.1) is 5.92 Å². The molecule has 2 aromatic rings. The van der Waals surface area contributed by atoms with Crippen molar-refractivity contribution in [2.75, 3.05) is 20.6 Å². The number of hydrogen-bond donors (Lipinski definition) is 1. The summed E-state index contributed by atoms with van der Waals surface area (Å²) in [4.78, 5) is 20.6. The molecule has 0 aliphatic heterocycles. The van der Waals surface area contributed by atoms with Gasteiger partial charge in [-0.3, -0.25) is 4.79 Å². The second-order valence-electron chi connectivity index (χ2n) is 6.35. The van der Waals surface area contributed by atoms with E-state index < -0.39 is 0 Å². The summed E-state index contributed by atoms with van der Waals surface area (Å²) in [6.45, 7) is 0.780. The van der Waals surface area contributed by atoms with Gasteiger partial charge in [-0.2, -0.15) is 0 Å². The van der Waals surface area contributed by atoms with Gasteiger partial charge in [-0.1, -0.05) is 6.07 Å². The molecule has 0 radical (unpaired) electrons. The average molecular weight is 354 g/mol. The van der Waals surface area contributed by atoms with Crippen LogP contribution in [-0.2, 0) is 0 Å². The van der Waals surface area contributed by atoms with Crippen molar-refractivity contribution in [2.24, 2.45) is 11.7 Å². The molecule has 2 N–H and O–H groups in total. The highest BCUT2D eigenvalue weighted by Gasteiger charge is 2.29.